The smallest absolute Gasteiger partial charge is 0.303 e. The van der Waals surface area contributed by atoms with Crippen molar-refractivity contribution in [1.82, 2.24) is 14.7 Å². The minimum Gasteiger partial charge on any atom is -0.481 e. The van der Waals surface area contributed by atoms with Gasteiger partial charge in [-0.3, -0.25) is 9.59 Å². The SMILES string of the molecule is O=C(O)CCc1c[nH]c2c(=O)[nH]c3ccc(S(=O)(=O)NC4CCCCC4)cc3c12. The summed E-state index contributed by atoms with van der Waals surface area (Å²) in [5.74, 6) is -0.937. The zero-order valence-electron chi connectivity index (χ0n) is 15.8. The summed E-state index contributed by atoms with van der Waals surface area (Å²) >= 11 is 0. The molecule has 1 aliphatic rings. The highest BCUT2D eigenvalue weighted by molar-refractivity contribution is 7.89. The standard InChI is InChI=1S/C20H23N3O5S/c24-17(25)9-6-12-11-21-19-18(12)15-10-14(7-8-16(15)22-20(19)26)29(27,28)23-13-4-2-1-3-5-13/h7-8,10-11,13,21,23H,1-6,9H2,(H,22,26)(H,24,25). The molecule has 2 aromatic heterocycles. The third-order valence-corrected chi connectivity index (χ3v) is 7.06. The first-order chi connectivity index (χ1) is 13.8. The van der Waals surface area contributed by atoms with Crippen molar-refractivity contribution in [2.75, 3.05) is 0 Å². The van der Waals surface area contributed by atoms with Gasteiger partial charge in [0.25, 0.3) is 5.56 Å². The molecule has 4 rings (SSSR count). The van der Waals surface area contributed by atoms with E-state index in [9.17, 15) is 18.0 Å². The van der Waals surface area contributed by atoms with Gasteiger partial charge in [-0.15, -0.1) is 0 Å². The Labute approximate surface area is 167 Å². The number of aromatic amines is 2. The van der Waals surface area contributed by atoms with E-state index in [0.717, 1.165) is 32.1 Å². The van der Waals surface area contributed by atoms with E-state index in [4.69, 9.17) is 5.11 Å². The number of benzene rings is 1. The van der Waals surface area contributed by atoms with Crippen LogP contribution in [0.3, 0.4) is 0 Å². The molecule has 0 spiro atoms. The lowest BCUT2D eigenvalue weighted by Crippen LogP contribution is -2.36. The third-order valence-electron chi connectivity index (χ3n) is 5.54. The number of carboxylic acids is 1. The number of aryl methyl sites for hydroxylation is 1. The number of hydrogen-bond donors (Lipinski definition) is 4. The van der Waals surface area contributed by atoms with Crippen LogP contribution in [0.25, 0.3) is 21.8 Å². The molecule has 4 N–H and O–H groups in total. The largest absolute Gasteiger partial charge is 0.481 e. The molecule has 1 aliphatic carbocycles. The van der Waals surface area contributed by atoms with Gasteiger partial charge in [0.2, 0.25) is 10.0 Å². The van der Waals surface area contributed by atoms with Gasteiger partial charge in [-0.05, 0) is 43.0 Å². The van der Waals surface area contributed by atoms with Crippen molar-refractivity contribution in [3.05, 3.63) is 40.3 Å². The third kappa shape index (κ3) is 3.92. The average Bonchev–Trinajstić information content (AvgIpc) is 3.11. The Bertz CT molecular complexity index is 1240. The molecule has 1 saturated carbocycles. The second kappa shape index (κ2) is 7.64. The van der Waals surface area contributed by atoms with Gasteiger partial charge in [-0.2, -0.15) is 0 Å². The molecule has 1 aromatic carbocycles. The predicted octanol–water partition coefficient (Wildman–Crippen LogP) is 2.64. The number of nitrogens with one attached hydrogen (secondary N) is 3. The minimum absolute atomic E-state index is 0.0570. The van der Waals surface area contributed by atoms with Gasteiger partial charge in [0.05, 0.1) is 4.90 Å². The Morgan fingerprint density at radius 3 is 2.69 bits per heavy atom. The summed E-state index contributed by atoms with van der Waals surface area (Å²) in [6.07, 6.45) is 6.61. The molecule has 2 heterocycles. The number of carbonyl (C=O) groups is 1. The first kappa shape index (κ1) is 19.7. The van der Waals surface area contributed by atoms with Crippen molar-refractivity contribution in [3.63, 3.8) is 0 Å². The van der Waals surface area contributed by atoms with E-state index >= 15 is 0 Å². The molecule has 1 fully saturated rings. The van der Waals surface area contributed by atoms with Gasteiger partial charge in [0.15, 0.2) is 0 Å². The molecule has 0 atom stereocenters. The van der Waals surface area contributed by atoms with E-state index in [-0.39, 0.29) is 29.3 Å². The van der Waals surface area contributed by atoms with Gasteiger partial charge in [0.1, 0.15) is 5.52 Å². The summed E-state index contributed by atoms with van der Waals surface area (Å²) in [4.78, 5) is 29.1. The molecular weight excluding hydrogens is 394 g/mol. The zero-order valence-corrected chi connectivity index (χ0v) is 16.6. The lowest BCUT2D eigenvalue weighted by atomic mass is 9.96. The van der Waals surface area contributed by atoms with Crippen LogP contribution in [0.2, 0.25) is 0 Å². The van der Waals surface area contributed by atoms with E-state index in [2.05, 4.69) is 14.7 Å². The topological polar surface area (TPSA) is 132 Å². The predicted molar refractivity (Wildman–Crippen MR) is 110 cm³/mol. The van der Waals surface area contributed by atoms with E-state index in [0.29, 0.717) is 27.4 Å². The fourth-order valence-corrected chi connectivity index (χ4v) is 5.42. The van der Waals surface area contributed by atoms with E-state index in [1.54, 1.807) is 18.3 Å². The normalized spacial score (nSPS) is 15.9. The highest BCUT2D eigenvalue weighted by atomic mass is 32.2. The van der Waals surface area contributed by atoms with Crippen LogP contribution in [0.4, 0.5) is 0 Å². The van der Waals surface area contributed by atoms with Crippen molar-refractivity contribution in [2.24, 2.45) is 0 Å². The van der Waals surface area contributed by atoms with Gasteiger partial charge < -0.3 is 15.1 Å². The molecule has 0 amide bonds. The zero-order chi connectivity index (χ0) is 20.6. The number of pyridine rings is 1. The van der Waals surface area contributed by atoms with Crippen LogP contribution >= 0.6 is 0 Å². The van der Waals surface area contributed by atoms with Crippen molar-refractivity contribution < 1.29 is 18.3 Å². The molecule has 0 radical (unpaired) electrons. The summed E-state index contributed by atoms with van der Waals surface area (Å²) < 4.78 is 28.6. The molecule has 9 heteroatoms. The second-order valence-electron chi connectivity index (χ2n) is 7.58. The number of aliphatic carboxylic acids is 1. The van der Waals surface area contributed by atoms with E-state index in [1.165, 1.54) is 6.07 Å². The van der Waals surface area contributed by atoms with Gasteiger partial charge >= 0.3 is 5.97 Å². The maximum atomic E-state index is 12.9. The first-order valence-corrected chi connectivity index (χ1v) is 11.2. The number of carboxylic acid groups (broad SMARTS) is 1. The summed E-state index contributed by atoms with van der Waals surface area (Å²) in [6, 6.07) is 4.56. The number of hydrogen-bond acceptors (Lipinski definition) is 4. The van der Waals surface area contributed by atoms with Crippen LogP contribution in [-0.2, 0) is 21.2 Å². The Kier molecular flexibility index (Phi) is 5.18. The lowest BCUT2D eigenvalue weighted by Gasteiger charge is -2.22. The van der Waals surface area contributed by atoms with Crippen LogP contribution in [0.15, 0.2) is 34.1 Å². The van der Waals surface area contributed by atoms with Crippen LogP contribution in [-0.4, -0.2) is 35.5 Å². The maximum Gasteiger partial charge on any atom is 0.303 e. The molecule has 0 unspecified atom stereocenters. The molecule has 29 heavy (non-hydrogen) atoms. The Morgan fingerprint density at radius 1 is 1.21 bits per heavy atom. The van der Waals surface area contributed by atoms with Crippen LogP contribution < -0.4 is 10.3 Å². The van der Waals surface area contributed by atoms with Crippen molar-refractivity contribution in [2.45, 2.75) is 55.9 Å². The summed E-state index contributed by atoms with van der Waals surface area (Å²) in [5, 5.41) is 10.1. The Morgan fingerprint density at radius 2 is 1.97 bits per heavy atom. The lowest BCUT2D eigenvalue weighted by molar-refractivity contribution is -0.136. The van der Waals surface area contributed by atoms with Crippen LogP contribution in [0, 0.1) is 0 Å². The molecular formula is C20H23N3O5S. The highest BCUT2D eigenvalue weighted by Gasteiger charge is 2.23. The minimum atomic E-state index is -3.70. The molecule has 3 aromatic rings. The fourth-order valence-electron chi connectivity index (χ4n) is 4.09. The molecule has 0 bridgehead atoms. The molecule has 0 aliphatic heterocycles. The van der Waals surface area contributed by atoms with Crippen LogP contribution in [0.1, 0.15) is 44.1 Å². The second-order valence-corrected chi connectivity index (χ2v) is 9.29. The van der Waals surface area contributed by atoms with Crippen molar-refractivity contribution >= 4 is 37.8 Å². The summed E-state index contributed by atoms with van der Waals surface area (Å²) in [7, 11) is -3.70. The maximum absolute atomic E-state index is 12.9. The molecule has 8 nitrogen and oxygen atoms in total. The summed E-state index contributed by atoms with van der Waals surface area (Å²) in [6.45, 7) is 0. The van der Waals surface area contributed by atoms with Crippen LogP contribution in [0.5, 0.6) is 0 Å². The van der Waals surface area contributed by atoms with Gasteiger partial charge in [0, 0.05) is 34.9 Å². The van der Waals surface area contributed by atoms with Crippen molar-refractivity contribution in [1.29, 1.82) is 0 Å². The molecule has 154 valence electrons. The number of fused-ring (bicyclic) bond motifs is 3. The van der Waals surface area contributed by atoms with Gasteiger partial charge in [-0.25, -0.2) is 13.1 Å². The monoisotopic (exact) mass is 417 g/mol. The van der Waals surface area contributed by atoms with E-state index in [1.807, 2.05) is 0 Å². The number of H-pyrrole nitrogens is 2. The van der Waals surface area contributed by atoms with Gasteiger partial charge in [-0.1, -0.05) is 19.3 Å². The average molecular weight is 417 g/mol. The quantitative estimate of drug-likeness (QED) is 0.489. The van der Waals surface area contributed by atoms with Crippen molar-refractivity contribution in [3.8, 4) is 0 Å². The Hall–Kier alpha value is -2.65. The number of rotatable bonds is 6. The summed E-state index contributed by atoms with van der Waals surface area (Å²) in [5.41, 5.74) is 1.17. The first-order valence-electron chi connectivity index (χ1n) is 9.75. The number of sulfonamides is 1. The highest BCUT2D eigenvalue weighted by Crippen LogP contribution is 2.28. The Balaban J connectivity index is 1.80. The van der Waals surface area contributed by atoms with E-state index < -0.39 is 16.0 Å². The molecule has 0 saturated heterocycles. The number of aromatic nitrogens is 2. The fraction of sp³-hybridized carbons (Fsp3) is 0.400.